The highest BCUT2D eigenvalue weighted by Gasteiger charge is 2.27. The lowest BCUT2D eigenvalue weighted by molar-refractivity contribution is 0.0709. The van der Waals surface area contributed by atoms with Crippen molar-refractivity contribution in [3.8, 4) is 6.07 Å². The van der Waals surface area contributed by atoms with E-state index in [2.05, 4.69) is 17.0 Å². The number of hydrogen-bond donors (Lipinski definition) is 1. The molecule has 102 valence electrons. The summed E-state index contributed by atoms with van der Waals surface area (Å²) < 4.78 is 5.44. The van der Waals surface area contributed by atoms with Crippen LogP contribution in [0.3, 0.4) is 0 Å². The molecule has 1 fully saturated rings. The Morgan fingerprint density at radius 1 is 1.53 bits per heavy atom. The van der Waals surface area contributed by atoms with Crippen molar-refractivity contribution in [3.05, 3.63) is 29.3 Å². The normalized spacial score (nSPS) is 23.2. The maximum absolute atomic E-state index is 8.98. The number of methoxy groups -OCH3 is 1. The van der Waals surface area contributed by atoms with E-state index in [4.69, 9.17) is 15.7 Å². The number of nitrogens with two attached hydrogens (primary N) is 1. The molecule has 0 aliphatic carbocycles. The van der Waals surface area contributed by atoms with Gasteiger partial charge >= 0.3 is 0 Å². The summed E-state index contributed by atoms with van der Waals surface area (Å²) >= 11 is 0. The maximum atomic E-state index is 8.98. The first-order valence-electron chi connectivity index (χ1n) is 6.69. The van der Waals surface area contributed by atoms with Crippen LogP contribution in [0.25, 0.3) is 0 Å². The molecule has 2 rings (SSSR count). The molecule has 19 heavy (non-hydrogen) atoms. The quantitative estimate of drug-likeness (QED) is 0.899. The number of benzene rings is 1. The van der Waals surface area contributed by atoms with Crippen molar-refractivity contribution in [1.82, 2.24) is 0 Å². The second kappa shape index (κ2) is 6.05. The Morgan fingerprint density at radius 3 is 2.89 bits per heavy atom. The third-order valence-corrected chi connectivity index (χ3v) is 3.94. The van der Waals surface area contributed by atoms with E-state index in [1.807, 2.05) is 19.1 Å². The van der Waals surface area contributed by atoms with Crippen LogP contribution in [-0.2, 0) is 4.74 Å². The van der Waals surface area contributed by atoms with Crippen molar-refractivity contribution in [2.75, 3.05) is 25.1 Å². The first-order chi connectivity index (χ1) is 9.19. The summed E-state index contributed by atoms with van der Waals surface area (Å²) in [6.45, 7) is 3.55. The lowest BCUT2D eigenvalue weighted by Gasteiger charge is -2.40. The lowest BCUT2D eigenvalue weighted by atomic mass is 9.97. The summed E-state index contributed by atoms with van der Waals surface area (Å²) in [5, 5.41) is 8.98. The van der Waals surface area contributed by atoms with Crippen molar-refractivity contribution < 1.29 is 4.74 Å². The second-order valence-corrected chi connectivity index (χ2v) is 5.08. The Morgan fingerprint density at radius 2 is 2.32 bits per heavy atom. The van der Waals surface area contributed by atoms with Gasteiger partial charge < -0.3 is 15.4 Å². The zero-order valence-electron chi connectivity index (χ0n) is 11.6. The fourth-order valence-corrected chi connectivity index (χ4v) is 2.74. The van der Waals surface area contributed by atoms with Gasteiger partial charge in [0.1, 0.15) is 0 Å². The predicted octanol–water partition coefficient (Wildman–Crippen LogP) is 1.81. The molecular formula is C15H21N3O. The van der Waals surface area contributed by atoms with Crippen molar-refractivity contribution in [2.45, 2.75) is 31.9 Å². The molecule has 1 heterocycles. The Bertz CT molecular complexity index is 481. The molecule has 0 radical (unpaired) electrons. The number of hydrogen-bond acceptors (Lipinski definition) is 4. The van der Waals surface area contributed by atoms with Crippen molar-refractivity contribution in [3.63, 3.8) is 0 Å². The highest BCUT2D eigenvalue weighted by atomic mass is 16.5. The monoisotopic (exact) mass is 259 g/mol. The first-order valence-corrected chi connectivity index (χ1v) is 6.69. The van der Waals surface area contributed by atoms with Gasteiger partial charge in [0.25, 0.3) is 0 Å². The van der Waals surface area contributed by atoms with E-state index >= 15 is 0 Å². The van der Waals surface area contributed by atoms with E-state index in [-0.39, 0.29) is 0 Å². The number of nitriles is 1. The average Bonchev–Trinajstić information content (AvgIpc) is 2.46. The predicted molar refractivity (Wildman–Crippen MR) is 76.1 cm³/mol. The SMILES string of the molecule is COC1CCN(c2ccc(C#N)c(C)c2)C(CN)C1. The molecule has 1 aliphatic heterocycles. The van der Waals surface area contributed by atoms with Crippen molar-refractivity contribution >= 4 is 5.69 Å². The molecule has 0 aromatic heterocycles. The molecule has 2 N–H and O–H groups in total. The third kappa shape index (κ3) is 2.89. The van der Waals surface area contributed by atoms with Gasteiger partial charge in [-0.1, -0.05) is 0 Å². The van der Waals surface area contributed by atoms with Gasteiger partial charge in [0.2, 0.25) is 0 Å². The van der Waals surface area contributed by atoms with E-state index < -0.39 is 0 Å². The largest absolute Gasteiger partial charge is 0.381 e. The van der Waals surface area contributed by atoms with Crippen LogP contribution in [0, 0.1) is 18.3 Å². The summed E-state index contributed by atoms with van der Waals surface area (Å²) in [5.74, 6) is 0. The van der Waals surface area contributed by atoms with Gasteiger partial charge in [-0.2, -0.15) is 5.26 Å². The third-order valence-electron chi connectivity index (χ3n) is 3.94. The summed E-state index contributed by atoms with van der Waals surface area (Å²) in [6.07, 6.45) is 2.29. The molecule has 1 saturated heterocycles. The molecule has 0 spiro atoms. The highest BCUT2D eigenvalue weighted by molar-refractivity contribution is 5.54. The van der Waals surface area contributed by atoms with E-state index in [0.29, 0.717) is 18.7 Å². The van der Waals surface area contributed by atoms with Crippen LogP contribution in [0.2, 0.25) is 0 Å². The van der Waals surface area contributed by atoms with Crippen LogP contribution in [0.4, 0.5) is 5.69 Å². The van der Waals surface area contributed by atoms with Gasteiger partial charge in [-0.15, -0.1) is 0 Å². The zero-order chi connectivity index (χ0) is 13.8. The molecule has 1 aromatic carbocycles. The molecule has 2 atom stereocenters. The number of ether oxygens (including phenoxy) is 1. The second-order valence-electron chi connectivity index (χ2n) is 5.08. The van der Waals surface area contributed by atoms with E-state index in [1.165, 1.54) is 0 Å². The number of nitrogens with zero attached hydrogens (tertiary/aromatic N) is 2. The molecule has 4 heteroatoms. The highest BCUT2D eigenvalue weighted by Crippen LogP contribution is 2.27. The van der Waals surface area contributed by atoms with Gasteiger partial charge in [-0.3, -0.25) is 0 Å². The van der Waals surface area contributed by atoms with E-state index in [9.17, 15) is 0 Å². The molecule has 4 nitrogen and oxygen atoms in total. The lowest BCUT2D eigenvalue weighted by Crippen LogP contribution is -2.48. The number of anilines is 1. The summed E-state index contributed by atoms with van der Waals surface area (Å²) in [4.78, 5) is 2.34. The summed E-state index contributed by atoms with van der Waals surface area (Å²) in [7, 11) is 1.76. The van der Waals surface area contributed by atoms with Crippen LogP contribution in [-0.4, -0.2) is 32.3 Å². The zero-order valence-corrected chi connectivity index (χ0v) is 11.6. The minimum atomic E-state index is 0.310. The number of piperidine rings is 1. The Hall–Kier alpha value is -1.57. The van der Waals surface area contributed by atoms with Gasteiger partial charge in [-0.05, 0) is 43.5 Å². The van der Waals surface area contributed by atoms with Crippen molar-refractivity contribution in [2.24, 2.45) is 5.73 Å². The average molecular weight is 259 g/mol. The van der Waals surface area contributed by atoms with Gasteiger partial charge in [0.05, 0.1) is 17.7 Å². The Balaban J connectivity index is 2.21. The van der Waals surface area contributed by atoms with Crippen LogP contribution < -0.4 is 10.6 Å². The van der Waals surface area contributed by atoms with Gasteiger partial charge in [0, 0.05) is 31.9 Å². The van der Waals surface area contributed by atoms with Crippen LogP contribution in [0.15, 0.2) is 18.2 Å². The van der Waals surface area contributed by atoms with Crippen LogP contribution in [0.1, 0.15) is 24.0 Å². The summed E-state index contributed by atoms with van der Waals surface area (Å²) in [5.41, 5.74) is 8.80. The first kappa shape index (κ1) is 13.9. The smallest absolute Gasteiger partial charge is 0.0994 e. The number of aryl methyl sites for hydroxylation is 1. The van der Waals surface area contributed by atoms with E-state index in [0.717, 1.165) is 36.2 Å². The standard InChI is InChI=1S/C15H21N3O/c1-11-7-13(4-3-12(11)9-16)18-6-5-15(19-2)8-14(18)10-17/h3-4,7,14-15H,5-6,8,10,17H2,1-2H3. The maximum Gasteiger partial charge on any atom is 0.0994 e. The minimum Gasteiger partial charge on any atom is -0.381 e. The molecule has 0 amide bonds. The Kier molecular flexibility index (Phi) is 4.41. The van der Waals surface area contributed by atoms with Gasteiger partial charge in [-0.25, -0.2) is 0 Å². The topological polar surface area (TPSA) is 62.3 Å². The van der Waals surface area contributed by atoms with E-state index in [1.54, 1.807) is 7.11 Å². The molecular weight excluding hydrogens is 238 g/mol. The molecule has 0 saturated carbocycles. The molecule has 1 aromatic rings. The Labute approximate surface area is 114 Å². The molecule has 0 bridgehead atoms. The summed E-state index contributed by atoms with van der Waals surface area (Å²) in [6, 6.07) is 8.50. The van der Waals surface area contributed by atoms with Crippen LogP contribution >= 0.6 is 0 Å². The fraction of sp³-hybridized carbons (Fsp3) is 0.533. The van der Waals surface area contributed by atoms with Gasteiger partial charge in [0.15, 0.2) is 0 Å². The molecule has 1 aliphatic rings. The van der Waals surface area contributed by atoms with Crippen LogP contribution in [0.5, 0.6) is 0 Å². The minimum absolute atomic E-state index is 0.310. The molecule has 2 unspecified atom stereocenters. The van der Waals surface area contributed by atoms with Crippen molar-refractivity contribution in [1.29, 1.82) is 5.26 Å². The fourth-order valence-electron chi connectivity index (χ4n) is 2.74. The number of rotatable bonds is 3.